The van der Waals surface area contributed by atoms with Crippen molar-refractivity contribution in [3.8, 4) is 0 Å². The minimum Gasteiger partial charge on any atom is -0.387 e. The third-order valence-electron chi connectivity index (χ3n) is 3.85. The number of benzene rings is 1. The predicted molar refractivity (Wildman–Crippen MR) is 66.2 cm³/mol. The van der Waals surface area contributed by atoms with Gasteiger partial charge in [-0.3, -0.25) is 4.90 Å². The Labute approximate surface area is 106 Å². The summed E-state index contributed by atoms with van der Waals surface area (Å²) in [6, 6.07) is 4.37. The first kappa shape index (κ1) is 13.4. The Balaban J connectivity index is 2.14. The molecule has 0 spiro atoms. The fraction of sp³-hybridized carbons (Fsp3) is 0.571. The van der Waals surface area contributed by atoms with Crippen LogP contribution in [0.2, 0.25) is 0 Å². The quantitative estimate of drug-likeness (QED) is 0.897. The molecule has 2 nitrogen and oxygen atoms in total. The molecule has 3 atom stereocenters. The fourth-order valence-electron chi connectivity index (χ4n) is 2.73. The molecule has 0 aliphatic carbocycles. The van der Waals surface area contributed by atoms with E-state index in [4.69, 9.17) is 0 Å². The lowest BCUT2D eigenvalue weighted by Gasteiger charge is -2.28. The molecule has 0 saturated carbocycles. The Morgan fingerprint density at radius 2 is 1.72 bits per heavy atom. The summed E-state index contributed by atoms with van der Waals surface area (Å²) in [4.78, 5) is 2.11. The van der Waals surface area contributed by atoms with Crippen LogP contribution >= 0.6 is 0 Å². The molecule has 0 radical (unpaired) electrons. The molecule has 0 amide bonds. The molecule has 1 aliphatic rings. The topological polar surface area (TPSA) is 23.5 Å². The molecule has 1 aliphatic heterocycles. The molecule has 100 valence electrons. The average Bonchev–Trinajstić information content (AvgIpc) is 2.60. The van der Waals surface area contributed by atoms with Crippen LogP contribution in [-0.4, -0.2) is 28.6 Å². The zero-order valence-electron chi connectivity index (χ0n) is 10.7. The highest BCUT2D eigenvalue weighted by Gasteiger charge is 2.30. The molecule has 18 heavy (non-hydrogen) atoms. The highest BCUT2D eigenvalue weighted by atomic mass is 19.1. The van der Waals surface area contributed by atoms with Gasteiger partial charge in [-0.15, -0.1) is 0 Å². The fourth-order valence-corrected chi connectivity index (χ4v) is 2.73. The number of β-amino-alcohol motifs (C(OH)–C–C–N with tert-alkyl or cyclic N) is 1. The van der Waals surface area contributed by atoms with Gasteiger partial charge in [-0.2, -0.15) is 0 Å². The van der Waals surface area contributed by atoms with Crippen molar-refractivity contribution in [2.75, 3.05) is 6.54 Å². The lowest BCUT2D eigenvalue weighted by molar-refractivity contribution is 0.0861. The van der Waals surface area contributed by atoms with Crippen LogP contribution in [0.4, 0.5) is 8.78 Å². The number of hydrogen-bond donors (Lipinski definition) is 1. The molecule has 1 N–H and O–H groups in total. The minimum absolute atomic E-state index is 0.219. The standard InChI is InChI=1S/C14H19F2NO/c1-9-6-7-10(2)17(9)8-13(18)14-11(15)4-3-5-12(14)16/h3-5,9-10,13,18H,6-8H2,1-2H3. The molecule has 4 heteroatoms. The normalized spacial score (nSPS) is 26.5. The molecule has 0 aromatic heterocycles. The van der Waals surface area contributed by atoms with Crippen LogP contribution in [0.25, 0.3) is 0 Å². The van der Waals surface area contributed by atoms with Crippen LogP contribution in [-0.2, 0) is 0 Å². The van der Waals surface area contributed by atoms with Crippen LogP contribution in [0.5, 0.6) is 0 Å². The second-order valence-electron chi connectivity index (χ2n) is 5.12. The first-order chi connectivity index (χ1) is 8.50. The molecule has 1 saturated heterocycles. The largest absolute Gasteiger partial charge is 0.387 e. The van der Waals surface area contributed by atoms with Crippen LogP contribution < -0.4 is 0 Å². The van der Waals surface area contributed by atoms with Gasteiger partial charge in [-0.1, -0.05) is 6.07 Å². The summed E-state index contributed by atoms with van der Waals surface area (Å²) in [5.41, 5.74) is -0.219. The van der Waals surface area contributed by atoms with E-state index in [0.717, 1.165) is 12.8 Å². The van der Waals surface area contributed by atoms with Crippen molar-refractivity contribution in [3.05, 3.63) is 35.4 Å². The Morgan fingerprint density at radius 1 is 1.22 bits per heavy atom. The van der Waals surface area contributed by atoms with Crippen molar-refractivity contribution in [1.82, 2.24) is 4.90 Å². The van der Waals surface area contributed by atoms with Crippen LogP contribution in [0.15, 0.2) is 18.2 Å². The number of likely N-dealkylation sites (tertiary alicyclic amines) is 1. The summed E-state index contributed by atoms with van der Waals surface area (Å²) in [6.45, 7) is 4.43. The van der Waals surface area contributed by atoms with Gasteiger partial charge >= 0.3 is 0 Å². The Bertz CT molecular complexity index is 394. The number of hydrogen-bond acceptors (Lipinski definition) is 2. The monoisotopic (exact) mass is 255 g/mol. The molecule has 1 heterocycles. The van der Waals surface area contributed by atoms with Gasteiger partial charge in [0.05, 0.1) is 11.7 Å². The van der Waals surface area contributed by atoms with E-state index in [0.29, 0.717) is 12.1 Å². The van der Waals surface area contributed by atoms with Crippen LogP contribution in [0, 0.1) is 11.6 Å². The minimum atomic E-state index is -1.12. The number of aliphatic hydroxyl groups is 1. The predicted octanol–water partition coefficient (Wildman–Crippen LogP) is 2.87. The number of halogens is 2. The van der Waals surface area contributed by atoms with Gasteiger partial charge in [0, 0.05) is 18.6 Å². The van der Waals surface area contributed by atoms with Gasteiger partial charge in [0.2, 0.25) is 0 Å². The van der Waals surface area contributed by atoms with Gasteiger partial charge in [-0.05, 0) is 38.8 Å². The summed E-state index contributed by atoms with van der Waals surface area (Å²) >= 11 is 0. The van der Waals surface area contributed by atoms with Gasteiger partial charge in [0.15, 0.2) is 0 Å². The molecule has 0 bridgehead atoms. The highest BCUT2D eigenvalue weighted by Crippen LogP contribution is 2.28. The molecule has 3 unspecified atom stereocenters. The van der Waals surface area contributed by atoms with Crippen molar-refractivity contribution < 1.29 is 13.9 Å². The van der Waals surface area contributed by atoms with E-state index >= 15 is 0 Å². The summed E-state index contributed by atoms with van der Waals surface area (Å²) in [7, 11) is 0. The smallest absolute Gasteiger partial charge is 0.131 e. The van der Waals surface area contributed by atoms with Crippen LogP contribution in [0.3, 0.4) is 0 Å². The average molecular weight is 255 g/mol. The lowest BCUT2D eigenvalue weighted by Crippen LogP contribution is -2.36. The van der Waals surface area contributed by atoms with E-state index in [9.17, 15) is 13.9 Å². The van der Waals surface area contributed by atoms with E-state index in [2.05, 4.69) is 18.7 Å². The van der Waals surface area contributed by atoms with Gasteiger partial charge < -0.3 is 5.11 Å². The van der Waals surface area contributed by atoms with Gasteiger partial charge in [-0.25, -0.2) is 8.78 Å². The van der Waals surface area contributed by atoms with Crippen molar-refractivity contribution in [2.45, 2.75) is 44.9 Å². The third kappa shape index (κ3) is 2.54. The Kier molecular flexibility index (Phi) is 3.97. The van der Waals surface area contributed by atoms with E-state index in [1.54, 1.807) is 0 Å². The zero-order chi connectivity index (χ0) is 13.3. The van der Waals surface area contributed by atoms with Gasteiger partial charge in [0.1, 0.15) is 11.6 Å². The van der Waals surface area contributed by atoms with Gasteiger partial charge in [0.25, 0.3) is 0 Å². The number of rotatable bonds is 3. The molecule has 1 aromatic carbocycles. The third-order valence-corrected chi connectivity index (χ3v) is 3.85. The molecule has 2 rings (SSSR count). The van der Waals surface area contributed by atoms with Crippen molar-refractivity contribution in [2.24, 2.45) is 0 Å². The molecule has 1 fully saturated rings. The zero-order valence-corrected chi connectivity index (χ0v) is 10.7. The molecular formula is C14H19F2NO. The number of nitrogens with zero attached hydrogens (tertiary/aromatic N) is 1. The molecular weight excluding hydrogens is 236 g/mol. The SMILES string of the molecule is CC1CCC(C)N1CC(O)c1c(F)cccc1F. The number of aliphatic hydroxyl groups excluding tert-OH is 1. The molecule has 1 aromatic rings. The van der Waals surface area contributed by atoms with E-state index in [-0.39, 0.29) is 12.1 Å². The Morgan fingerprint density at radius 3 is 2.22 bits per heavy atom. The maximum absolute atomic E-state index is 13.6. The van der Waals surface area contributed by atoms with Crippen molar-refractivity contribution >= 4 is 0 Å². The summed E-state index contributed by atoms with van der Waals surface area (Å²) < 4.78 is 27.1. The second kappa shape index (κ2) is 5.33. The van der Waals surface area contributed by atoms with Crippen molar-refractivity contribution in [1.29, 1.82) is 0 Å². The first-order valence-corrected chi connectivity index (χ1v) is 6.38. The summed E-state index contributed by atoms with van der Waals surface area (Å²) in [5.74, 6) is -1.36. The van der Waals surface area contributed by atoms with E-state index in [1.165, 1.54) is 18.2 Å². The maximum Gasteiger partial charge on any atom is 0.131 e. The summed E-state index contributed by atoms with van der Waals surface area (Å²) in [6.07, 6.45) is 1.01. The maximum atomic E-state index is 13.6. The first-order valence-electron chi connectivity index (χ1n) is 6.38. The Hall–Kier alpha value is -1.00. The summed E-state index contributed by atoms with van der Waals surface area (Å²) in [5, 5.41) is 10.1. The van der Waals surface area contributed by atoms with E-state index in [1.807, 2.05) is 0 Å². The lowest BCUT2D eigenvalue weighted by atomic mass is 10.1. The second-order valence-corrected chi connectivity index (χ2v) is 5.12. The highest BCUT2D eigenvalue weighted by molar-refractivity contribution is 5.22. The van der Waals surface area contributed by atoms with Crippen molar-refractivity contribution in [3.63, 3.8) is 0 Å². The van der Waals surface area contributed by atoms with Crippen LogP contribution in [0.1, 0.15) is 38.4 Å². The van der Waals surface area contributed by atoms with E-state index < -0.39 is 17.7 Å².